The van der Waals surface area contributed by atoms with Gasteiger partial charge in [0.05, 0.1) is 0 Å². The zero-order valence-corrected chi connectivity index (χ0v) is 13.3. The van der Waals surface area contributed by atoms with E-state index < -0.39 is 0 Å². The fourth-order valence-corrected chi connectivity index (χ4v) is 0. The molecule has 7 heavy (non-hydrogen) atoms. The summed E-state index contributed by atoms with van der Waals surface area (Å²) >= 11 is 0. The molecule has 0 amide bonds. The summed E-state index contributed by atoms with van der Waals surface area (Å²) in [5.74, 6) is 0. The Labute approximate surface area is 117 Å². The molecule has 0 aliphatic carbocycles. The van der Waals surface area contributed by atoms with Gasteiger partial charge < -0.3 is 102 Å². The van der Waals surface area contributed by atoms with Crippen LogP contribution in [0.5, 0.6) is 0 Å². The van der Waals surface area contributed by atoms with Crippen molar-refractivity contribution in [2.24, 2.45) is 0 Å². The molecule has 0 N–H and O–H groups in total. The SMILES string of the molecule is [Br-].[Br-].[Br-].[Br-].[Br-].[Br-].[Mn]. The molecule has 0 heterocycles. The van der Waals surface area contributed by atoms with Crippen LogP contribution in [0.1, 0.15) is 0 Å². The van der Waals surface area contributed by atoms with Gasteiger partial charge in [0.1, 0.15) is 0 Å². The summed E-state index contributed by atoms with van der Waals surface area (Å²) in [7, 11) is 0. The Bertz CT molecular complexity index is 4.14. The second-order valence-corrected chi connectivity index (χ2v) is 0. The first-order valence-electron chi connectivity index (χ1n) is 0. The maximum Gasteiger partial charge on any atom is 0 e. The van der Waals surface area contributed by atoms with Crippen molar-refractivity contribution in [3.8, 4) is 0 Å². The zero-order chi connectivity index (χ0) is 0. The zero-order valence-electron chi connectivity index (χ0n) is 2.65. The first-order valence-corrected chi connectivity index (χ1v) is 0. The number of hydrogen-bond donors (Lipinski definition) is 0. The van der Waals surface area contributed by atoms with Gasteiger partial charge in [-0.2, -0.15) is 0 Å². The van der Waals surface area contributed by atoms with Gasteiger partial charge >= 0.3 is 0 Å². The van der Waals surface area contributed by atoms with E-state index >= 15 is 0 Å². The first-order chi connectivity index (χ1) is 0. The normalized spacial score (nSPS) is 0. The molecule has 0 unspecified atom stereocenters. The minimum atomic E-state index is 0. The Kier molecular flexibility index (Phi) is 652. The van der Waals surface area contributed by atoms with Crippen LogP contribution >= 0.6 is 0 Å². The molecular formula is Br6Mn-6. The molecule has 0 saturated heterocycles. The van der Waals surface area contributed by atoms with E-state index in [1.54, 1.807) is 0 Å². The second kappa shape index (κ2) is 57.4. The van der Waals surface area contributed by atoms with Crippen LogP contribution in [-0.2, 0) is 17.1 Å². The van der Waals surface area contributed by atoms with Crippen LogP contribution in [0.25, 0.3) is 0 Å². The molecule has 1 radical (unpaired) electrons. The van der Waals surface area contributed by atoms with Gasteiger partial charge in [-0.3, -0.25) is 0 Å². The van der Waals surface area contributed by atoms with Crippen LogP contribution in [0.3, 0.4) is 0 Å². The monoisotopic (exact) mass is 528 g/mol. The topological polar surface area (TPSA) is 0 Å². The van der Waals surface area contributed by atoms with Crippen molar-refractivity contribution in [2.45, 2.75) is 0 Å². The largest absolute Gasteiger partial charge is 1.00 e. The Hall–Kier alpha value is 3.40. The van der Waals surface area contributed by atoms with Gasteiger partial charge in [-0.1, -0.05) is 0 Å². The fourth-order valence-electron chi connectivity index (χ4n) is 0. The van der Waals surface area contributed by atoms with E-state index in [9.17, 15) is 0 Å². The average Bonchev–Trinajstić information content (AvgIpc) is 0. The predicted molar refractivity (Wildman–Crippen MR) is 0 cm³/mol. The van der Waals surface area contributed by atoms with Crippen LogP contribution < -0.4 is 102 Å². The fraction of sp³-hybridized carbons (Fsp3) is 0. The summed E-state index contributed by atoms with van der Waals surface area (Å²) < 4.78 is 0. The van der Waals surface area contributed by atoms with Gasteiger partial charge in [-0.15, -0.1) is 0 Å². The maximum atomic E-state index is 0. The van der Waals surface area contributed by atoms with Crippen molar-refractivity contribution in [1.82, 2.24) is 0 Å². The van der Waals surface area contributed by atoms with Crippen molar-refractivity contribution in [3.63, 3.8) is 0 Å². The van der Waals surface area contributed by atoms with Crippen LogP contribution in [0.15, 0.2) is 0 Å². The summed E-state index contributed by atoms with van der Waals surface area (Å²) in [5, 5.41) is 0. The minimum absolute atomic E-state index is 0. The van der Waals surface area contributed by atoms with Crippen LogP contribution in [-0.4, -0.2) is 0 Å². The van der Waals surface area contributed by atoms with E-state index in [1.807, 2.05) is 0 Å². The van der Waals surface area contributed by atoms with Crippen molar-refractivity contribution < 1.29 is 119 Å². The smallest absolute Gasteiger partial charge is 0 e. The van der Waals surface area contributed by atoms with E-state index in [-0.39, 0.29) is 119 Å². The second-order valence-electron chi connectivity index (χ2n) is 0. The molecule has 0 aliphatic rings. The van der Waals surface area contributed by atoms with E-state index in [2.05, 4.69) is 0 Å². The third kappa shape index (κ3) is 44.5. The Morgan fingerprint density at radius 2 is 0.286 bits per heavy atom. The van der Waals surface area contributed by atoms with Gasteiger partial charge in [-0.25, -0.2) is 0 Å². The van der Waals surface area contributed by atoms with Gasteiger partial charge in [0.25, 0.3) is 0 Å². The van der Waals surface area contributed by atoms with Gasteiger partial charge in [0.15, 0.2) is 0 Å². The van der Waals surface area contributed by atoms with E-state index in [0.29, 0.717) is 0 Å². The molecule has 0 aromatic heterocycles. The molecule has 0 aromatic rings. The number of halogens is 6. The molecule has 0 rings (SSSR count). The quantitative estimate of drug-likeness (QED) is 0.271. The van der Waals surface area contributed by atoms with Crippen molar-refractivity contribution in [3.05, 3.63) is 0 Å². The summed E-state index contributed by atoms with van der Waals surface area (Å²) in [6.07, 6.45) is 0. The van der Waals surface area contributed by atoms with Gasteiger partial charge in [0.2, 0.25) is 0 Å². The van der Waals surface area contributed by atoms with Gasteiger partial charge in [-0.05, 0) is 0 Å². The number of rotatable bonds is 0. The summed E-state index contributed by atoms with van der Waals surface area (Å²) in [4.78, 5) is 0. The molecule has 0 saturated carbocycles. The molecule has 0 spiro atoms. The third-order valence-electron chi connectivity index (χ3n) is 0. The standard InChI is InChI=1S/6BrH.Mn/h6*1H;/p-6. The molecule has 0 fully saturated rings. The molecule has 0 nitrogen and oxygen atoms in total. The van der Waals surface area contributed by atoms with Crippen molar-refractivity contribution in [1.29, 1.82) is 0 Å². The molecule has 0 aliphatic heterocycles. The summed E-state index contributed by atoms with van der Waals surface area (Å²) in [6, 6.07) is 0. The van der Waals surface area contributed by atoms with Crippen molar-refractivity contribution >= 4 is 0 Å². The Morgan fingerprint density at radius 1 is 0.286 bits per heavy atom. The molecule has 0 atom stereocenters. The average molecular weight is 534 g/mol. The molecule has 0 bridgehead atoms. The molecular weight excluding hydrogens is 534 g/mol. The summed E-state index contributed by atoms with van der Waals surface area (Å²) in [5.41, 5.74) is 0. The molecule has 55 valence electrons. The minimum Gasteiger partial charge on any atom is -1.00 e. The molecule has 0 aromatic carbocycles. The third-order valence-corrected chi connectivity index (χ3v) is 0. The van der Waals surface area contributed by atoms with Crippen LogP contribution in [0.2, 0.25) is 0 Å². The van der Waals surface area contributed by atoms with Crippen LogP contribution in [0.4, 0.5) is 0 Å². The maximum absolute atomic E-state index is 0. The number of hydrogen-bond acceptors (Lipinski definition) is 0. The first kappa shape index (κ1) is 79.5. The van der Waals surface area contributed by atoms with Crippen LogP contribution in [0, 0.1) is 0 Å². The van der Waals surface area contributed by atoms with Crippen molar-refractivity contribution in [2.75, 3.05) is 0 Å². The Morgan fingerprint density at radius 3 is 0.286 bits per heavy atom. The van der Waals surface area contributed by atoms with Gasteiger partial charge in [0, 0.05) is 17.1 Å². The predicted octanol–water partition coefficient (Wildman–Crippen LogP) is -18.0. The van der Waals surface area contributed by atoms with E-state index in [4.69, 9.17) is 0 Å². The molecule has 7 heteroatoms. The van der Waals surface area contributed by atoms with E-state index in [0.717, 1.165) is 0 Å². The Balaban J connectivity index is 0. The summed E-state index contributed by atoms with van der Waals surface area (Å²) in [6.45, 7) is 0. The van der Waals surface area contributed by atoms with E-state index in [1.165, 1.54) is 0 Å².